The largest absolute Gasteiger partial charge is 0.390 e. The summed E-state index contributed by atoms with van der Waals surface area (Å²) in [6.45, 7) is 7.31. The number of rotatable bonds is 5. The number of ether oxygens (including phenoxy) is 5. The predicted molar refractivity (Wildman–Crippen MR) is 101 cm³/mol. The number of aliphatic hydroxyl groups excluding tert-OH is 4. The first-order valence-corrected chi connectivity index (χ1v) is 10.7. The number of hydrogen-bond acceptors (Lipinski definition) is 9. The second kappa shape index (κ2) is 9.84. The van der Waals surface area contributed by atoms with Crippen LogP contribution in [0.15, 0.2) is 0 Å². The van der Waals surface area contributed by atoms with Crippen molar-refractivity contribution in [3.05, 3.63) is 0 Å². The quantitative estimate of drug-likeness (QED) is 0.488. The van der Waals surface area contributed by atoms with Gasteiger partial charge in [-0.1, -0.05) is 6.92 Å². The van der Waals surface area contributed by atoms with Crippen LogP contribution in [0.3, 0.4) is 0 Å². The molecule has 0 saturated carbocycles. The molecule has 0 aliphatic carbocycles. The van der Waals surface area contributed by atoms with Crippen molar-refractivity contribution in [3.8, 4) is 0 Å². The van der Waals surface area contributed by atoms with E-state index >= 15 is 0 Å². The molecule has 29 heavy (non-hydrogen) atoms. The van der Waals surface area contributed by atoms with Crippen LogP contribution >= 0.6 is 0 Å². The van der Waals surface area contributed by atoms with Gasteiger partial charge in [0.1, 0.15) is 18.3 Å². The van der Waals surface area contributed by atoms with Crippen molar-refractivity contribution in [2.45, 2.75) is 127 Å². The van der Waals surface area contributed by atoms with E-state index in [1.165, 1.54) is 0 Å². The first kappa shape index (κ1) is 23.3. The van der Waals surface area contributed by atoms with Gasteiger partial charge in [-0.3, -0.25) is 0 Å². The summed E-state index contributed by atoms with van der Waals surface area (Å²) in [5.74, 6) is 0. The van der Waals surface area contributed by atoms with Crippen molar-refractivity contribution in [3.63, 3.8) is 0 Å². The molecule has 0 aromatic carbocycles. The Morgan fingerprint density at radius 1 is 0.690 bits per heavy atom. The molecular formula is C20H36O9. The molecule has 12 atom stereocenters. The van der Waals surface area contributed by atoms with Gasteiger partial charge in [0.15, 0.2) is 12.6 Å². The lowest BCUT2D eigenvalue weighted by Gasteiger charge is -2.44. The summed E-state index contributed by atoms with van der Waals surface area (Å²) >= 11 is 0. The van der Waals surface area contributed by atoms with E-state index in [9.17, 15) is 20.4 Å². The van der Waals surface area contributed by atoms with Gasteiger partial charge >= 0.3 is 0 Å². The average Bonchev–Trinajstić information content (AvgIpc) is 2.65. The zero-order valence-corrected chi connectivity index (χ0v) is 17.6. The summed E-state index contributed by atoms with van der Waals surface area (Å²) in [4.78, 5) is 0. The van der Waals surface area contributed by atoms with Crippen molar-refractivity contribution < 1.29 is 44.1 Å². The molecule has 3 rings (SSSR count). The van der Waals surface area contributed by atoms with Gasteiger partial charge in [0.25, 0.3) is 0 Å². The Labute approximate surface area is 171 Å². The van der Waals surface area contributed by atoms with Gasteiger partial charge in [-0.2, -0.15) is 0 Å². The fourth-order valence-corrected chi connectivity index (χ4v) is 4.39. The van der Waals surface area contributed by atoms with E-state index in [2.05, 4.69) is 0 Å². The van der Waals surface area contributed by atoms with Crippen LogP contribution in [0.1, 0.15) is 53.4 Å². The van der Waals surface area contributed by atoms with Gasteiger partial charge < -0.3 is 44.1 Å². The maximum Gasteiger partial charge on any atom is 0.161 e. The minimum absolute atomic E-state index is 0.0150. The molecule has 9 heteroatoms. The molecule has 0 amide bonds. The van der Waals surface area contributed by atoms with Crippen LogP contribution in [0.25, 0.3) is 0 Å². The molecule has 9 nitrogen and oxygen atoms in total. The Morgan fingerprint density at radius 3 is 1.66 bits per heavy atom. The van der Waals surface area contributed by atoms with Crippen LogP contribution < -0.4 is 0 Å². The lowest BCUT2D eigenvalue weighted by atomic mass is 9.96. The summed E-state index contributed by atoms with van der Waals surface area (Å²) < 4.78 is 29.2. The Balaban J connectivity index is 1.53. The molecule has 3 heterocycles. The van der Waals surface area contributed by atoms with Crippen LogP contribution in [-0.4, -0.2) is 94.0 Å². The molecule has 3 aliphatic heterocycles. The monoisotopic (exact) mass is 420 g/mol. The number of hydrogen-bond donors (Lipinski definition) is 4. The Kier molecular flexibility index (Phi) is 7.91. The van der Waals surface area contributed by atoms with Gasteiger partial charge in [-0.25, -0.2) is 0 Å². The molecule has 0 aromatic rings. The predicted octanol–water partition coefficient (Wildman–Crippen LogP) is 0.0576. The minimum atomic E-state index is -0.962. The van der Waals surface area contributed by atoms with Crippen molar-refractivity contribution in [2.75, 3.05) is 0 Å². The Morgan fingerprint density at radius 2 is 1.17 bits per heavy atom. The highest BCUT2D eigenvalue weighted by atomic mass is 16.7. The van der Waals surface area contributed by atoms with E-state index in [-0.39, 0.29) is 25.0 Å². The van der Waals surface area contributed by atoms with Crippen molar-refractivity contribution in [1.82, 2.24) is 0 Å². The third-order valence-electron chi connectivity index (χ3n) is 6.14. The van der Waals surface area contributed by atoms with E-state index in [0.29, 0.717) is 6.42 Å². The van der Waals surface area contributed by atoms with Crippen molar-refractivity contribution in [2.24, 2.45) is 0 Å². The third-order valence-corrected chi connectivity index (χ3v) is 6.14. The van der Waals surface area contributed by atoms with Gasteiger partial charge in [0.2, 0.25) is 0 Å². The van der Waals surface area contributed by atoms with Crippen LogP contribution in [0.5, 0.6) is 0 Å². The van der Waals surface area contributed by atoms with Gasteiger partial charge in [0.05, 0.1) is 42.7 Å². The normalized spacial score (nSPS) is 51.7. The van der Waals surface area contributed by atoms with Gasteiger partial charge in [0, 0.05) is 19.3 Å². The Bertz CT molecular complexity index is 484. The van der Waals surface area contributed by atoms with E-state index in [4.69, 9.17) is 23.7 Å². The lowest BCUT2D eigenvalue weighted by molar-refractivity contribution is -0.326. The highest BCUT2D eigenvalue weighted by Crippen LogP contribution is 2.31. The zero-order chi connectivity index (χ0) is 21.3. The highest BCUT2D eigenvalue weighted by molar-refractivity contribution is 4.88. The van der Waals surface area contributed by atoms with Crippen LogP contribution in [0.4, 0.5) is 0 Å². The second-order valence-electron chi connectivity index (χ2n) is 8.51. The average molecular weight is 420 g/mol. The van der Waals surface area contributed by atoms with Crippen molar-refractivity contribution in [1.29, 1.82) is 0 Å². The van der Waals surface area contributed by atoms with Crippen LogP contribution in [0.2, 0.25) is 0 Å². The lowest BCUT2D eigenvalue weighted by Crippen LogP contribution is -2.56. The standard InChI is InChI=1S/C20H36O9/c1-5-12-6-14(22)19(10(3)25-12)29-17-8-15(23)20(11(4)27-17)28-16-7-13(21)18(24)9(2)26-16/h9-24H,5-8H2,1-4H3/t9-,10-,11-,12+,13+,14+,15+,16+,17?,18-,19-,20-/m1/s1. The number of aliphatic hydroxyl groups is 4. The molecule has 0 spiro atoms. The van der Waals surface area contributed by atoms with Gasteiger partial charge in [-0.05, 0) is 27.2 Å². The summed E-state index contributed by atoms with van der Waals surface area (Å²) in [5, 5.41) is 40.8. The fourth-order valence-electron chi connectivity index (χ4n) is 4.39. The smallest absolute Gasteiger partial charge is 0.161 e. The molecule has 3 aliphatic rings. The molecule has 3 fully saturated rings. The van der Waals surface area contributed by atoms with E-state index < -0.39 is 61.4 Å². The molecular weight excluding hydrogens is 384 g/mol. The summed E-state index contributed by atoms with van der Waals surface area (Å²) in [5.41, 5.74) is 0. The fraction of sp³-hybridized carbons (Fsp3) is 1.00. The second-order valence-corrected chi connectivity index (χ2v) is 8.51. The molecule has 0 radical (unpaired) electrons. The maximum absolute atomic E-state index is 10.6. The first-order valence-electron chi connectivity index (χ1n) is 10.7. The highest BCUT2D eigenvalue weighted by Gasteiger charge is 2.44. The van der Waals surface area contributed by atoms with Crippen LogP contribution in [0, 0.1) is 0 Å². The van der Waals surface area contributed by atoms with E-state index in [0.717, 1.165) is 6.42 Å². The summed E-state index contributed by atoms with van der Waals surface area (Å²) in [7, 11) is 0. The minimum Gasteiger partial charge on any atom is -0.390 e. The molecule has 170 valence electrons. The maximum atomic E-state index is 10.6. The summed E-state index contributed by atoms with van der Waals surface area (Å²) in [6.07, 6.45) is -5.76. The van der Waals surface area contributed by atoms with Crippen molar-refractivity contribution >= 4 is 0 Å². The molecule has 3 saturated heterocycles. The SMILES string of the molecule is CC[C@H]1C[C@H](O)[C@H](OC2C[C@H](O)[C@H](O[C@H]3C[C@H](O)[C@H](O)[C@@H](C)O3)[C@@H](C)O2)[C@@H](C)O1. The topological polar surface area (TPSA) is 127 Å². The summed E-state index contributed by atoms with van der Waals surface area (Å²) in [6, 6.07) is 0. The van der Waals surface area contributed by atoms with E-state index in [1.807, 2.05) is 13.8 Å². The zero-order valence-electron chi connectivity index (χ0n) is 17.6. The third kappa shape index (κ3) is 5.47. The first-order chi connectivity index (χ1) is 13.7. The molecule has 0 bridgehead atoms. The molecule has 1 unspecified atom stereocenters. The molecule has 0 aromatic heterocycles. The molecule has 4 N–H and O–H groups in total. The van der Waals surface area contributed by atoms with E-state index in [1.54, 1.807) is 13.8 Å². The van der Waals surface area contributed by atoms with Crippen LogP contribution in [-0.2, 0) is 23.7 Å². The van der Waals surface area contributed by atoms with Gasteiger partial charge in [-0.15, -0.1) is 0 Å². The Hall–Kier alpha value is -0.360.